The molecule has 1 saturated heterocycles. The predicted octanol–water partition coefficient (Wildman–Crippen LogP) is 2.32. The first-order chi connectivity index (χ1) is 9.26. The summed E-state index contributed by atoms with van der Waals surface area (Å²) < 4.78 is 11.0. The molecule has 1 aliphatic rings. The Balaban J connectivity index is 0.00000147. The van der Waals surface area contributed by atoms with Crippen LogP contribution in [0, 0.1) is 0 Å². The highest BCUT2D eigenvalue weighted by atomic mass is 35.5. The molecule has 2 aromatic rings. The fraction of sp³-hybridized carbons (Fsp3) is 0.429. The van der Waals surface area contributed by atoms with Crippen molar-refractivity contribution >= 4 is 12.4 Å². The van der Waals surface area contributed by atoms with Crippen LogP contribution in [-0.2, 0) is 12.0 Å². The second-order valence-corrected chi connectivity index (χ2v) is 5.10. The minimum atomic E-state index is -0.0437. The van der Waals surface area contributed by atoms with Crippen LogP contribution in [-0.4, -0.2) is 23.2 Å². The van der Waals surface area contributed by atoms with Gasteiger partial charge < -0.3 is 14.6 Å². The van der Waals surface area contributed by atoms with Crippen molar-refractivity contribution in [1.82, 2.24) is 15.5 Å². The molecule has 1 fully saturated rings. The minimum absolute atomic E-state index is 0. The van der Waals surface area contributed by atoms with E-state index < -0.39 is 0 Å². The van der Waals surface area contributed by atoms with Crippen molar-refractivity contribution in [1.29, 1.82) is 0 Å². The lowest BCUT2D eigenvalue weighted by atomic mass is 9.90. The van der Waals surface area contributed by atoms with E-state index in [-0.39, 0.29) is 17.8 Å². The Morgan fingerprint density at radius 1 is 1.35 bits per heavy atom. The molecule has 1 atom stereocenters. The molecule has 108 valence electrons. The van der Waals surface area contributed by atoms with Crippen molar-refractivity contribution in [2.75, 3.05) is 13.1 Å². The zero-order valence-corrected chi connectivity index (χ0v) is 12.2. The van der Waals surface area contributed by atoms with E-state index in [0.29, 0.717) is 18.3 Å². The van der Waals surface area contributed by atoms with Gasteiger partial charge in [0.25, 0.3) is 0 Å². The van der Waals surface area contributed by atoms with Crippen molar-refractivity contribution < 1.29 is 9.26 Å². The zero-order chi connectivity index (χ0) is 13.1. The number of nitrogens with one attached hydrogen (secondary N) is 1. The third-order valence-electron chi connectivity index (χ3n) is 3.46. The lowest BCUT2D eigenvalue weighted by molar-refractivity contribution is 0.277. The summed E-state index contributed by atoms with van der Waals surface area (Å²) in [5.74, 6) is 2.10. The van der Waals surface area contributed by atoms with E-state index in [0.717, 1.165) is 25.3 Å². The van der Waals surface area contributed by atoms with Crippen molar-refractivity contribution in [3.8, 4) is 5.75 Å². The third-order valence-corrected chi connectivity index (χ3v) is 3.46. The maximum atomic E-state index is 5.60. The Bertz CT molecular complexity index is 538. The fourth-order valence-corrected chi connectivity index (χ4v) is 2.22. The maximum Gasteiger partial charge on any atom is 0.234 e. The van der Waals surface area contributed by atoms with E-state index in [1.807, 2.05) is 30.3 Å². The van der Waals surface area contributed by atoms with Crippen molar-refractivity contribution in [2.24, 2.45) is 0 Å². The van der Waals surface area contributed by atoms with Crippen LogP contribution in [0.25, 0.3) is 0 Å². The molecule has 5 nitrogen and oxygen atoms in total. The van der Waals surface area contributed by atoms with Gasteiger partial charge in [-0.1, -0.05) is 23.4 Å². The molecule has 0 spiro atoms. The Kier molecular flexibility index (Phi) is 4.62. The largest absolute Gasteiger partial charge is 0.485 e. The standard InChI is InChI=1S/C14H17N3O2.ClH/c1-14(7-8-15-10-14)13-16-12(17-19-13)9-18-11-5-3-2-4-6-11;/h2-6,15H,7-10H2,1H3;1H. The van der Waals surface area contributed by atoms with Gasteiger partial charge in [-0.05, 0) is 32.0 Å². The van der Waals surface area contributed by atoms with E-state index in [4.69, 9.17) is 9.26 Å². The molecule has 1 aliphatic heterocycles. The highest BCUT2D eigenvalue weighted by molar-refractivity contribution is 5.85. The molecule has 0 bridgehead atoms. The summed E-state index contributed by atoms with van der Waals surface area (Å²) >= 11 is 0. The van der Waals surface area contributed by atoms with Crippen LogP contribution in [0.4, 0.5) is 0 Å². The van der Waals surface area contributed by atoms with E-state index in [9.17, 15) is 0 Å². The van der Waals surface area contributed by atoms with E-state index >= 15 is 0 Å². The zero-order valence-electron chi connectivity index (χ0n) is 11.3. The molecule has 6 heteroatoms. The van der Waals surface area contributed by atoms with Gasteiger partial charge in [0.15, 0.2) is 6.61 Å². The monoisotopic (exact) mass is 295 g/mol. The molecule has 1 aromatic heterocycles. The Morgan fingerprint density at radius 2 is 2.15 bits per heavy atom. The highest BCUT2D eigenvalue weighted by Crippen LogP contribution is 2.28. The second kappa shape index (κ2) is 6.24. The number of hydrogen-bond donors (Lipinski definition) is 1. The van der Waals surface area contributed by atoms with E-state index in [1.165, 1.54) is 0 Å². The first-order valence-corrected chi connectivity index (χ1v) is 6.48. The molecule has 0 saturated carbocycles. The van der Waals surface area contributed by atoms with Gasteiger partial charge in [-0.15, -0.1) is 12.4 Å². The average molecular weight is 296 g/mol. The number of para-hydroxylation sites is 1. The molecule has 0 aliphatic carbocycles. The molecule has 1 aromatic carbocycles. The SMILES string of the molecule is CC1(c2nc(COc3ccccc3)no2)CCNC1.Cl. The molecular weight excluding hydrogens is 278 g/mol. The first kappa shape index (κ1) is 14.8. The Hall–Kier alpha value is -1.59. The van der Waals surface area contributed by atoms with E-state index in [1.54, 1.807) is 0 Å². The number of benzene rings is 1. The normalized spacial score (nSPS) is 21.4. The third kappa shape index (κ3) is 3.11. The summed E-state index contributed by atoms with van der Waals surface area (Å²) in [7, 11) is 0. The van der Waals surface area contributed by atoms with Crippen molar-refractivity contribution in [3.63, 3.8) is 0 Å². The number of aromatic nitrogens is 2. The molecule has 2 heterocycles. The lowest BCUT2D eigenvalue weighted by Crippen LogP contribution is -2.25. The molecule has 0 amide bonds. The summed E-state index contributed by atoms with van der Waals surface area (Å²) in [4.78, 5) is 4.44. The van der Waals surface area contributed by atoms with Crippen LogP contribution in [0.2, 0.25) is 0 Å². The molecule has 20 heavy (non-hydrogen) atoms. The smallest absolute Gasteiger partial charge is 0.234 e. The number of rotatable bonds is 4. The quantitative estimate of drug-likeness (QED) is 0.938. The van der Waals surface area contributed by atoms with Crippen molar-refractivity contribution in [2.45, 2.75) is 25.4 Å². The molecule has 3 rings (SSSR count). The summed E-state index contributed by atoms with van der Waals surface area (Å²) in [6.07, 6.45) is 1.02. The van der Waals surface area contributed by atoms with Gasteiger partial charge >= 0.3 is 0 Å². The molecule has 1 N–H and O–H groups in total. The van der Waals surface area contributed by atoms with Gasteiger partial charge in [0.05, 0.1) is 5.41 Å². The number of ether oxygens (including phenoxy) is 1. The summed E-state index contributed by atoms with van der Waals surface area (Å²) in [6, 6.07) is 9.63. The Labute approximate surface area is 124 Å². The number of halogens is 1. The molecule has 1 unspecified atom stereocenters. The van der Waals surface area contributed by atoms with Gasteiger partial charge in [-0.25, -0.2) is 0 Å². The van der Waals surface area contributed by atoms with Gasteiger partial charge in [0, 0.05) is 6.54 Å². The fourth-order valence-electron chi connectivity index (χ4n) is 2.22. The van der Waals surface area contributed by atoms with Crippen LogP contribution >= 0.6 is 12.4 Å². The predicted molar refractivity (Wildman–Crippen MR) is 77.2 cm³/mol. The summed E-state index contributed by atoms with van der Waals surface area (Å²) in [6.45, 7) is 4.35. The first-order valence-electron chi connectivity index (χ1n) is 6.48. The van der Waals surface area contributed by atoms with Crippen LogP contribution in [0.15, 0.2) is 34.9 Å². The van der Waals surface area contributed by atoms with Gasteiger partial charge in [-0.2, -0.15) is 4.98 Å². The molecular formula is C14H18ClN3O2. The van der Waals surface area contributed by atoms with Crippen LogP contribution < -0.4 is 10.1 Å². The average Bonchev–Trinajstić information content (AvgIpc) is 3.07. The van der Waals surface area contributed by atoms with Crippen molar-refractivity contribution in [3.05, 3.63) is 42.0 Å². The number of nitrogens with zero attached hydrogens (tertiary/aromatic N) is 2. The molecule has 0 radical (unpaired) electrons. The van der Waals surface area contributed by atoms with Gasteiger partial charge in [0.2, 0.25) is 11.7 Å². The highest BCUT2D eigenvalue weighted by Gasteiger charge is 2.36. The van der Waals surface area contributed by atoms with Crippen LogP contribution in [0.3, 0.4) is 0 Å². The lowest BCUT2D eigenvalue weighted by Gasteiger charge is -2.15. The van der Waals surface area contributed by atoms with Crippen LogP contribution in [0.1, 0.15) is 25.1 Å². The van der Waals surface area contributed by atoms with E-state index in [2.05, 4.69) is 22.4 Å². The van der Waals surface area contributed by atoms with Gasteiger partial charge in [0.1, 0.15) is 5.75 Å². The summed E-state index contributed by atoms with van der Waals surface area (Å²) in [5.41, 5.74) is -0.0437. The second-order valence-electron chi connectivity index (χ2n) is 5.10. The van der Waals surface area contributed by atoms with Crippen LogP contribution in [0.5, 0.6) is 5.75 Å². The minimum Gasteiger partial charge on any atom is -0.485 e. The summed E-state index contributed by atoms with van der Waals surface area (Å²) in [5, 5.41) is 7.30. The topological polar surface area (TPSA) is 60.2 Å². The number of hydrogen-bond acceptors (Lipinski definition) is 5. The Morgan fingerprint density at radius 3 is 2.85 bits per heavy atom. The van der Waals surface area contributed by atoms with Gasteiger partial charge in [-0.3, -0.25) is 0 Å². The maximum absolute atomic E-state index is 5.60.